The summed E-state index contributed by atoms with van der Waals surface area (Å²) >= 11 is 0. The van der Waals surface area contributed by atoms with E-state index in [1.54, 1.807) is 17.1 Å². The first-order chi connectivity index (χ1) is 15.6. The highest BCUT2D eigenvalue weighted by Crippen LogP contribution is 2.20. The predicted octanol–water partition coefficient (Wildman–Crippen LogP) is 4.30. The molecule has 4 rings (SSSR count). The maximum Gasteiger partial charge on any atom is 0.246 e. The molecule has 6 heteroatoms. The minimum absolute atomic E-state index is 0.115. The van der Waals surface area contributed by atoms with E-state index in [0.717, 1.165) is 23.2 Å². The zero-order valence-electron chi connectivity index (χ0n) is 18.3. The van der Waals surface area contributed by atoms with Gasteiger partial charge < -0.3 is 10.6 Å². The Morgan fingerprint density at radius 3 is 2.44 bits per heavy atom. The molecule has 0 saturated heterocycles. The van der Waals surface area contributed by atoms with Crippen LogP contribution in [0.25, 0.3) is 11.3 Å². The topological polar surface area (TPSA) is 71.8 Å². The molecule has 2 heterocycles. The van der Waals surface area contributed by atoms with Crippen LogP contribution in [0.15, 0.2) is 85.3 Å². The molecule has 0 fully saturated rings. The molecule has 0 spiro atoms. The number of hydrogen-bond acceptors (Lipinski definition) is 4. The number of benzene rings is 2. The van der Waals surface area contributed by atoms with Gasteiger partial charge in [0, 0.05) is 25.4 Å². The highest BCUT2D eigenvalue weighted by molar-refractivity contribution is 5.95. The van der Waals surface area contributed by atoms with Crippen LogP contribution in [0.1, 0.15) is 22.7 Å². The number of carbonyl (C=O) groups excluding carboxylic acids is 1. The van der Waals surface area contributed by atoms with Crippen molar-refractivity contribution in [2.75, 3.05) is 11.9 Å². The zero-order valence-corrected chi connectivity index (χ0v) is 18.3. The van der Waals surface area contributed by atoms with Crippen LogP contribution in [-0.4, -0.2) is 27.2 Å². The lowest BCUT2D eigenvalue weighted by Crippen LogP contribution is -2.34. The first-order valence-corrected chi connectivity index (χ1v) is 10.7. The van der Waals surface area contributed by atoms with Gasteiger partial charge in [-0.15, -0.1) is 0 Å². The largest absolute Gasteiger partial charge is 0.323 e. The molecular formula is C26H27N5O. The third-order valence-electron chi connectivity index (χ3n) is 5.31. The van der Waals surface area contributed by atoms with E-state index in [0.29, 0.717) is 12.2 Å². The predicted molar refractivity (Wildman–Crippen MR) is 127 cm³/mol. The molecule has 1 amide bonds. The van der Waals surface area contributed by atoms with Gasteiger partial charge in [-0.1, -0.05) is 60.2 Å². The Morgan fingerprint density at radius 2 is 1.78 bits per heavy atom. The number of rotatable bonds is 8. The Morgan fingerprint density at radius 1 is 1.00 bits per heavy atom. The number of nitrogens with zero attached hydrogens (tertiary/aromatic N) is 3. The van der Waals surface area contributed by atoms with E-state index in [9.17, 15) is 4.79 Å². The number of pyridine rings is 1. The van der Waals surface area contributed by atoms with E-state index in [2.05, 4.69) is 51.9 Å². The molecule has 1 atom stereocenters. The fourth-order valence-corrected chi connectivity index (χ4v) is 3.53. The SMILES string of the molecule is Cc1ccc(CCN[C@H](C(=O)Nc2ccc(-c3cnn(C)c3)nc2)c2ccccc2)cc1. The average molecular weight is 426 g/mol. The van der Waals surface area contributed by atoms with Crippen LogP contribution in [0.2, 0.25) is 0 Å². The van der Waals surface area contributed by atoms with Gasteiger partial charge in [0.25, 0.3) is 0 Å². The average Bonchev–Trinajstić information content (AvgIpc) is 3.25. The standard InChI is InChI=1S/C26H27N5O/c1-19-8-10-20(11-9-19)14-15-27-25(21-6-4-3-5-7-21)26(32)30-23-12-13-24(28-17-23)22-16-29-31(2)18-22/h3-13,16-18,25,27H,14-15H2,1-2H3,(H,30,32)/t25-/m0/s1. The first kappa shape index (κ1) is 21.5. The first-order valence-electron chi connectivity index (χ1n) is 10.7. The van der Waals surface area contributed by atoms with Gasteiger partial charge in [0.15, 0.2) is 0 Å². The van der Waals surface area contributed by atoms with Crippen molar-refractivity contribution in [1.82, 2.24) is 20.1 Å². The van der Waals surface area contributed by atoms with Gasteiger partial charge in [-0.25, -0.2) is 0 Å². The minimum Gasteiger partial charge on any atom is -0.323 e. The van der Waals surface area contributed by atoms with Gasteiger partial charge in [-0.2, -0.15) is 5.10 Å². The molecule has 162 valence electrons. The summed E-state index contributed by atoms with van der Waals surface area (Å²) in [5, 5.41) is 10.6. The van der Waals surface area contributed by atoms with Crippen molar-refractivity contribution >= 4 is 11.6 Å². The Labute approximate surface area is 188 Å². The fraction of sp³-hybridized carbons (Fsp3) is 0.192. The summed E-state index contributed by atoms with van der Waals surface area (Å²) in [6.45, 7) is 2.77. The Hall–Kier alpha value is -3.77. The molecule has 0 saturated carbocycles. The number of carbonyl (C=O) groups is 1. The van der Waals surface area contributed by atoms with Crippen LogP contribution in [0, 0.1) is 6.92 Å². The van der Waals surface area contributed by atoms with Crippen LogP contribution in [-0.2, 0) is 18.3 Å². The van der Waals surface area contributed by atoms with E-state index in [4.69, 9.17) is 0 Å². The number of aryl methyl sites for hydroxylation is 2. The summed E-state index contributed by atoms with van der Waals surface area (Å²) in [5.74, 6) is -0.115. The third kappa shape index (κ3) is 5.47. The van der Waals surface area contributed by atoms with Gasteiger partial charge in [-0.05, 0) is 36.6 Å². The van der Waals surface area contributed by atoms with Crippen LogP contribution in [0.4, 0.5) is 5.69 Å². The lowest BCUT2D eigenvalue weighted by molar-refractivity contribution is -0.118. The maximum absolute atomic E-state index is 13.1. The Bertz CT molecular complexity index is 1150. The molecule has 4 aromatic rings. The van der Waals surface area contributed by atoms with E-state index >= 15 is 0 Å². The second kappa shape index (κ2) is 10.0. The van der Waals surface area contributed by atoms with Crippen LogP contribution < -0.4 is 10.6 Å². The summed E-state index contributed by atoms with van der Waals surface area (Å²) in [6.07, 6.45) is 6.20. The monoisotopic (exact) mass is 425 g/mol. The molecular weight excluding hydrogens is 398 g/mol. The smallest absolute Gasteiger partial charge is 0.246 e. The molecule has 2 aromatic heterocycles. The molecule has 2 aromatic carbocycles. The highest BCUT2D eigenvalue weighted by atomic mass is 16.2. The molecule has 0 aliphatic carbocycles. The van der Waals surface area contributed by atoms with Gasteiger partial charge in [-0.3, -0.25) is 14.5 Å². The van der Waals surface area contributed by atoms with Crippen molar-refractivity contribution < 1.29 is 4.79 Å². The number of amides is 1. The number of aromatic nitrogens is 3. The van der Waals surface area contributed by atoms with Crippen molar-refractivity contribution in [3.8, 4) is 11.3 Å². The summed E-state index contributed by atoms with van der Waals surface area (Å²) in [6, 6.07) is 21.5. The molecule has 0 bridgehead atoms. The minimum atomic E-state index is -0.459. The quantitative estimate of drug-likeness (QED) is 0.441. The van der Waals surface area contributed by atoms with E-state index in [1.807, 2.05) is 55.7 Å². The second-order valence-electron chi connectivity index (χ2n) is 7.86. The number of hydrogen-bond donors (Lipinski definition) is 2. The van der Waals surface area contributed by atoms with Gasteiger partial charge in [0.05, 0.1) is 23.8 Å². The normalized spacial score (nSPS) is 11.8. The van der Waals surface area contributed by atoms with Gasteiger partial charge in [0.2, 0.25) is 5.91 Å². The van der Waals surface area contributed by atoms with Crippen molar-refractivity contribution in [1.29, 1.82) is 0 Å². The number of nitrogens with one attached hydrogen (secondary N) is 2. The molecule has 6 nitrogen and oxygen atoms in total. The van der Waals surface area contributed by atoms with Gasteiger partial charge in [0.1, 0.15) is 6.04 Å². The summed E-state index contributed by atoms with van der Waals surface area (Å²) in [7, 11) is 1.87. The third-order valence-corrected chi connectivity index (χ3v) is 5.31. The van der Waals surface area contributed by atoms with E-state index in [-0.39, 0.29) is 5.91 Å². The molecule has 0 aliphatic heterocycles. The maximum atomic E-state index is 13.1. The summed E-state index contributed by atoms with van der Waals surface area (Å²) < 4.78 is 1.74. The van der Waals surface area contributed by atoms with Gasteiger partial charge >= 0.3 is 0 Å². The Kier molecular flexibility index (Phi) is 6.72. The van der Waals surface area contributed by atoms with Crippen molar-refractivity contribution in [2.24, 2.45) is 7.05 Å². The van der Waals surface area contributed by atoms with Crippen molar-refractivity contribution in [3.63, 3.8) is 0 Å². The molecule has 0 unspecified atom stereocenters. The van der Waals surface area contributed by atoms with Crippen LogP contribution in [0.5, 0.6) is 0 Å². The fourth-order valence-electron chi connectivity index (χ4n) is 3.53. The number of anilines is 1. The van der Waals surface area contributed by atoms with Crippen molar-refractivity contribution in [3.05, 3.63) is 102 Å². The van der Waals surface area contributed by atoms with E-state index < -0.39 is 6.04 Å². The highest BCUT2D eigenvalue weighted by Gasteiger charge is 2.20. The summed E-state index contributed by atoms with van der Waals surface area (Å²) in [4.78, 5) is 17.6. The molecule has 0 aliphatic rings. The second-order valence-corrected chi connectivity index (χ2v) is 7.86. The molecule has 2 N–H and O–H groups in total. The lowest BCUT2D eigenvalue weighted by atomic mass is 10.0. The van der Waals surface area contributed by atoms with Crippen LogP contribution in [0.3, 0.4) is 0 Å². The van der Waals surface area contributed by atoms with Crippen molar-refractivity contribution in [2.45, 2.75) is 19.4 Å². The summed E-state index contributed by atoms with van der Waals surface area (Å²) in [5.41, 5.74) is 5.81. The van der Waals surface area contributed by atoms with E-state index in [1.165, 1.54) is 11.1 Å². The van der Waals surface area contributed by atoms with Crippen LogP contribution >= 0.6 is 0 Å². The molecule has 0 radical (unpaired) electrons. The Balaban J connectivity index is 1.43. The molecule has 32 heavy (non-hydrogen) atoms. The lowest BCUT2D eigenvalue weighted by Gasteiger charge is -2.19. The zero-order chi connectivity index (χ0) is 22.3.